The van der Waals surface area contributed by atoms with Crippen LogP contribution < -0.4 is 10.6 Å². The van der Waals surface area contributed by atoms with Gasteiger partial charge in [0.1, 0.15) is 6.04 Å². The SMILES string of the molecule is CCCCNC(=O)C1N(CCCO)C(=O)[C@@H]2[C@H](C(=O)NC)[C@@H]3CCC12S3. The highest BCUT2D eigenvalue weighted by Crippen LogP contribution is 2.66. The molecule has 3 heterocycles. The van der Waals surface area contributed by atoms with Gasteiger partial charge in [-0.2, -0.15) is 0 Å². The van der Waals surface area contributed by atoms with Crippen molar-refractivity contribution in [3.05, 3.63) is 0 Å². The van der Waals surface area contributed by atoms with Crippen LogP contribution in [0.3, 0.4) is 0 Å². The Labute approximate surface area is 158 Å². The summed E-state index contributed by atoms with van der Waals surface area (Å²) in [4.78, 5) is 40.3. The van der Waals surface area contributed by atoms with Gasteiger partial charge < -0.3 is 20.6 Å². The minimum absolute atomic E-state index is 0.0275. The first-order chi connectivity index (χ1) is 12.5. The minimum Gasteiger partial charge on any atom is -0.396 e. The monoisotopic (exact) mass is 383 g/mol. The molecule has 0 saturated carbocycles. The zero-order valence-electron chi connectivity index (χ0n) is 15.5. The van der Waals surface area contributed by atoms with Crippen molar-refractivity contribution in [2.45, 2.75) is 55.1 Å². The van der Waals surface area contributed by atoms with E-state index in [2.05, 4.69) is 17.6 Å². The predicted molar refractivity (Wildman–Crippen MR) is 99.5 cm³/mol. The highest BCUT2D eigenvalue weighted by Gasteiger charge is 2.73. The predicted octanol–water partition coefficient (Wildman–Crippen LogP) is 0.122. The number of unbranched alkanes of at least 4 members (excludes halogenated alkanes) is 1. The average Bonchev–Trinajstić information content (AvgIpc) is 3.27. The summed E-state index contributed by atoms with van der Waals surface area (Å²) in [7, 11) is 1.60. The number of hydrogen-bond acceptors (Lipinski definition) is 5. The molecule has 3 rings (SSSR count). The van der Waals surface area contributed by atoms with Gasteiger partial charge in [0.15, 0.2) is 0 Å². The molecular weight excluding hydrogens is 354 g/mol. The van der Waals surface area contributed by atoms with Crippen molar-refractivity contribution in [1.82, 2.24) is 15.5 Å². The third-order valence-corrected chi connectivity index (χ3v) is 7.94. The number of aliphatic hydroxyl groups excluding tert-OH is 1. The number of aliphatic hydroxyl groups is 1. The van der Waals surface area contributed by atoms with Crippen LogP contribution in [0, 0.1) is 11.8 Å². The lowest BCUT2D eigenvalue weighted by Gasteiger charge is -2.34. The number of thioether (sulfide) groups is 1. The normalized spacial score (nSPS) is 34.9. The van der Waals surface area contributed by atoms with Crippen molar-refractivity contribution in [2.24, 2.45) is 11.8 Å². The molecule has 3 aliphatic heterocycles. The van der Waals surface area contributed by atoms with Crippen molar-refractivity contribution in [1.29, 1.82) is 0 Å². The van der Waals surface area contributed by atoms with Crippen LogP contribution in [0.5, 0.6) is 0 Å². The maximum absolute atomic E-state index is 13.2. The Hall–Kier alpha value is -1.28. The summed E-state index contributed by atoms with van der Waals surface area (Å²) in [6, 6.07) is -0.548. The second kappa shape index (κ2) is 7.76. The van der Waals surface area contributed by atoms with E-state index in [0.29, 0.717) is 19.5 Å². The Morgan fingerprint density at radius 3 is 2.77 bits per heavy atom. The lowest BCUT2D eigenvalue weighted by molar-refractivity contribution is -0.140. The fourth-order valence-electron chi connectivity index (χ4n) is 4.89. The van der Waals surface area contributed by atoms with Gasteiger partial charge in [-0.25, -0.2) is 0 Å². The summed E-state index contributed by atoms with van der Waals surface area (Å²) in [6.07, 6.45) is 3.97. The summed E-state index contributed by atoms with van der Waals surface area (Å²) < 4.78 is -0.509. The largest absolute Gasteiger partial charge is 0.396 e. The molecule has 3 N–H and O–H groups in total. The van der Waals surface area contributed by atoms with E-state index < -0.39 is 16.7 Å². The molecule has 3 amide bonds. The first-order valence-electron chi connectivity index (χ1n) is 9.60. The van der Waals surface area contributed by atoms with E-state index in [1.807, 2.05) is 0 Å². The molecule has 2 bridgehead atoms. The molecule has 8 heteroatoms. The Morgan fingerprint density at radius 1 is 1.35 bits per heavy atom. The van der Waals surface area contributed by atoms with Crippen molar-refractivity contribution in [3.63, 3.8) is 0 Å². The number of fused-ring (bicyclic) bond motifs is 1. The zero-order chi connectivity index (χ0) is 18.9. The first-order valence-corrected chi connectivity index (χ1v) is 10.5. The fourth-order valence-corrected chi connectivity index (χ4v) is 7.11. The number of nitrogens with zero attached hydrogens (tertiary/aromatic N) is 1. The molecule has 0 aromatic rings. The van der Waals surface area contributed by atoms with Gasteiger partial charge in [-0.05, 0) is 25.7 Å². The summed E-state index contributed by atoms with van der Waals surface area (Å²) >= 11 is 1.67. The third-order valence-electron chi connectivity index (χ3n) is 5.98. The smallest absolute Gasteiger partial charge is 0.244 e. The zero-order valence-corrected chi connectivity index (χ0v) is 16.3. The number of hydrogen-bond donors (Lipinski definition) is 3. The van der Waals surface area contributed by atoms with E-state index >= 15 is 0 Å². The maximum Gasteiger partial charge on any atom is 0.244 e. The van der Waals surface area contributed by atoms with E-state index in [4.69, 9.17) is 0 Å². The molecule has 0 radical (unpaired) electrons. The molecule has 0 aromatic heterocycles. The van der Waals surface area contributed by atoms with Gasteiger partial charge >= 0.3 is 0 Å². The van der Waals surface area contributed by atoms with E-state index in [-0.39, 0.29) is 35.5 Å². The molecule has 0 aliphatic carbocycles. The van der Waals surface area contributed by atoms with Gasteiger partial charge in [0, 0.05) is 32.0 Å². The summed E-state index contributed by atoms with van der Waals surface area (Å²) in [5.74, 6) is -1.12. The number of carbonyl (C=O) groups is 3. The number of rotatable bonds is 8. The van der Waals surface area contributed by atoms with Crippen LogP contribution in [0.25, 0.3) is 0 Å². The lowest BCUT2D eigenvalue weighted by Crippen LogP contribution is -2.54. The van der Waals surface area contributed by atoms with Crippen LogP contribution in [0.1, 0.15) is 39.0 Å². The van der Waals surface area contributed by atoms with Gasteiger partial charge in [-0.3, -0.25) is 14.4 Å². The Morgan fingerprint density at radius 2 is 2.12 bits per heavy atom. The van der Waals surface area contributed by atoms with Crippen LogP contribution in [-0.2, 0) is 14.4 Å². The first kappa shape index (κ1) is 19.5. The van der Waals surface area contributed by atoms with Crippen molar-refractivity contribution in [3.8, 4) is 0 Å². The van der Waals surface area contributed by atoms with Gasteiger partial charge in [0.25, 0.3) is 0 Å². The second-order valence-corrected chi connectivity index (χ2v) is 9.02. The van der Waals surface area contributed by atoms with Crippen LogP contribution in [0.2, 0.25) is 0 Å². The summed E-state index contributed by atoms with van der Waals surface area (Å²) in [5.41, 5.74) is 0. The number of amides is 3. The molecular formula is C18H29N3O4S. The van der Waals surface area contributed by atoms with Crippen LogP contribution >= 0.6 is 11.8 Å². The summed E-state index contributed by atoms with van der Waals surface area (Å²) in [5, 5.41) is 15.0. The molecule has 1 spiro atoms. The fraction of sp³-hybridized carbons (Fsp3) is 0.833. The van der Waals surface area contributed by atoms with Crippen molar-refractivity contribution >= 4 is 29.5 Å². The average molecular weight is 384 g/mol. The minimum atomic E-state index is -0.548. The van der Waals surface area contributed by atoms with E-state index in [9.17, 15) is 19.5 Å². The Kier molecular flexibility index (Phi) is 5.81. The topological polar surface area (TPSA) is 98.7 Å². The molecule has 2 unspecified atom stereocenters. The van der Waals surface area contributed by atoms with E-state index in [0.717, 1.165) is 25.7 Å². The van der Waals surface area contributed by atoms with E-state index in [1.54, 1.807) is 23.7 Å². The quantitative estimate of drug-likeness (QED) is 0.517. The number of nitrogens with one attached hydrogen (secondary N) is 2. The molecule has 26 heavy (non-hydrogen) atoms. The van der Waals surface area contributed by atoms with Crippen molar-refractivity contribution in [2.75, 3.05) is 26.7 Å². The number of carbonyl (C=O) groups excluding carboxylic acids is 3. The van der Waals surface area contributed by atoms with Gasteiger partial charge in [-0.1, -0.05) is 13.3 Å². The molecule has 3 saturated heterocycles. The Balaban J connectivity index is 1.91. The Bertz CT molecular complexity index is 587. The lowest BCUT2D eigenvalue weighted by atomic mass is 9.71. The van der Waals surface area contributed by atoms with Gasteiger partial charge in [0.2, 0.25) is 17.7 Å². The molecule has 5 atom stereocenters. The molecule has 146 valence electrons. The maximum atomic E-state index is 13.2. The van der Waals surface area contributed by atoms with Crippen LogP contribution in [0.15, 0.2) is 0 Å². The summed E-state index contributed by atoms with van der Waals surface area (Å²) in [6.45, 7) is 2.99. The second-order valence-electron chi connectivity index (χ2n) is 7.42. The van der Waals surface area contributed by atoms with Crippen molar-refractivity contribution < 1.29 is 19.5 Å². The standard InChI is InChI=1S/C18H29N3O4S/c1-3-4-8-20-16(24)14-18-7-6-11(26-18)12(15(23)19-2)13(18)17(25)21(14)9-5-10-22/h11-14,22H,3-10H2,1-2H3,(H,19,23)(H,20,24)/t11-,12+,13-,14?,18?/m0/s1. The molecule has 7 nitrogen and oxygen atoms in total. The molecule has 3 aliphatic rings. The highest BCUT2D eigenvalue weighted by molar-refractivity contribution is 8.02. The van der Waals surface area contributed by atoms with Crippen LogP contribution in [-0.4, -0.2) is 70.5 Å². The highest BCUT2D eigenvalue weighted by atomic mass is 32.2. The van der Waals surface area contributed by atoms with Crippen LogP contribution in [0.4, 0.5) is 0 Å². The van der Waals surface area contributed by atoms with Gasteiger partial charge in [0.05, 0.1) is 16.6 Å². The van der Waals surface area contributed by atoms with E-state index in [1.165, 1.54) is 0 Å². The number of likely N-dealkylation sites (tertiary alicyclic amines) is 1. The van der Waals surface area contributed by atoms with Gasteiger partial charge in [-0.15, -0.1) is 11.8 Å². The third kappa shape index (κ3) is 2.91. The molecule has 3 fully saturated rings. The molecule has 0 aromatic carbocycles.